The molecule has 0 bridgehead atoms. The molecule has 0 amide bonds. The second kappa shape index (κ2) is 4.18. The molecule has 0 aliphatic heterocycles. The van der Waals surface area contributed by atoms with E-state index in [1.54, 1.807) is 12.1 Å². The molecule has 1 unspecified atom stereocenters. The maximum Gasteiger partial charge on any atom is 0.229 e. The molecule has 0 heterocycles. The molecule has 2 nitrogen and oxygen atoms in total. The summed E-state index contributed by atoms with van der Waals surface area (Å²) in [7, 11) is 0. The van der Waals surface area contributed by atoms with Crippen molar-refractivity contribution in [3.05, 3.63) is 69.7 Å². The number of fused-ring (bicyclic) bond motifs is 1. The van der Waals surface area contributed by atoms with Crippen LogP contribution in [0.15, 0.2) is 53.0 Å². The Balaban J connectivity index is 2.23. The average molecular weight is 301 g/mol. The molecule has 0 saturated carbocycles. The number of carbonyl (C=O) groups excluding carboxylic acids is 2. The van der Waals surface area contributed by atoms with Gasteiger partial charge in [0.2, 0.25) is 11.6 Å². The molecule has 0 radical (unpaired) electrons. The van der Waals surface area contributed by atoms with Gasteiger partial charge in [-0.1, -0.05) is 58.4 Å². The molecule has 18 heavy (non-hydrogen) atoms. The molecule has 2 aromatic carbocycles. The van der Waals surface area contributed by atoms with Crippen molar-refractivity contribution in [2.24, 2.45) is 0 Å². The summed E-state index contributed by atoms with van der Waals surface area (Å²) >= 11 is 3.44. The van der Waals surface area contributed by atoms with Crippen LogP contribution in [-0.4, -0.2) is 11.6 Å². The van der Waals surface area contributed by atoms with Gasteiger partial charge in [-0.25, -0.2) is 0 Å². The Morgan fingerprint density at radius 3 is 2.17 bits per heavy atom. The molecule has 2 aromatic rings. The third-order valence-electron chi connectivity index (χ3n) is 3.22. The molecule has 1 aliphatic rings. The summed E-state index contributed by atoms with van der Waals surface area (Å²) in [5.41, 5.74) is 2.18. The fraction of sp³-hybridized carbons (Fsp3) is 0.0667. The summed E-state index contributed by atoms with van der Waals surface area (Å²) < 4.78 is 0.854. The molecule has 1 atom stereocenters. The molecule has 0 aromatic heterocycles. The molecule has 0 saturated heterocycles. The zero-order valence-electron chi connectivity index (χ0n) is 9.39. The Hall–Kier alpha value is -1.74. The van der Waals surface area contributed by atoms with Crippen molar-refractivity contribution in [2.45, 2.75) is 5.92 Å². The predicted molar refractivity (Wildman–Crippen MR) is 71.8 cm³/mol. The Labute approximate surface area is 113 Å². The number of Topliss-reactive ketones (excluding diaryl/α,β-unsaturated/α-hetero) is 2. The normalized spacial score (nSPS) is 17.9. The molecule has 88 valence electrons. The quantitative estimate of drug-likeness (QED) is 0.757. The van der Waals surface area contributed by atoms with E-state index in [9.17, 15) is 9.59 Å². The minimum absolute atomic E-state index is 0.344. The molecule has 0 fully saturated rings. The highest BCUT2D eigenvalue weighted by Crippen LogP contribution is 2.38. The van der Waals surface area contributed by atoms with Gasteiger partial charge in [-0.15, -0.1) is 0 Å². The third-order valence-corrected chi connectivity index (χ3v) is 3.94. The summed E-state index contributed by atoms with van der Waals surface area (Å²) in [4.78, 5) is 24.1. The Kier molecular flexibility index (Phi) is 2.63. The van der Waals surface area contributed by atoms with Crippen molar-refractivity contribution in [1.29, 1.82) is 0 Å². The van der Waals surface area contributed by atoms with Crippen LogP contribution in [0.25, 0.3) is 0 Å². The molecule has 0 spiro atoms. The molecule has 3 heteroatoms. The van der Waals surface area contributed by atoms with Gasteiger partial charge >= 0.3 is 0 Å². The summed E-state index contributed by atoms with van der Waals surface area (Å²) in [5, 5.41) is 0. The van der Waals surface area contributed by atoms with Crippen molar-refractivity contribution in [1.82, 2.24) is 0 Å². The Morgan fingerprint density at radius 1 is 0.833 bits per heavy atom. The average Bonchev–Trinajstić information content (AvgIpc) is 2.64. The number of benzene rings is 2. The van der Waals surface area contributed by atoms with Crippen molar-refractivity contribution >= 4 is 27.5 Å². The largest absolute Gasteiger partial charge is 0.289 e. The van der Waals surface area contributed by atoms with E-state index in [0.717, 1.165) is 15.6 Å². The highest BCUT2D eigenvalue weighted by atomic mass is 79.9. The number of hydrogen-bond donors (Lipinski definition) is 0. The number of carbonyl (C=O) groups is 2. The number of hydrogen-bond acceptors (Lipinski definition) is 2. The van der Waals surface area contributed by atoms with Crippen LogP contribution in [-0.2, 0) is 4.79 Å². The smallest absolute Gasteiger partial charge is 0.229 e. The van der Waals surface area contributed by atoms with Crippen LogP contribution in [0.1, 0.15) is 27.4 Å². The third kappa shape index (κ3) is 1.55. The van der Waals surface area contributed by atoms with Gasteiger partial charge in [0.15, 0.2) is 0 Å². The van der Waals surface area contributed by atoms with Gasteiger partial charge in [0.25, 0.3) is 0 Å². The van der Waals surface area contributed by atoms with Crippen molar-refractivity contribution < 1.29 is 9.59 Å². The number of halogens is 1. The Bertz CT molecular complexity index is 661. The van der Waals surface area contributed by atoms with Gasteiger partial charge in [0.1, 0.15) is 0 Å². The van der Waals surface area contributed by atoms with E-state index >= 15 is 0 Å². The second-order valence-corrected chi connectivity index (χ2v) is 5.09. The van der Waals surface area contributed by atoms with Crippen molar-refractivity contribution in [3.63, 3.8) is 0 Å². The van der Waals surface area contributed by atoms with Crippen molar-refractivity contribution in [3.8, 4) is 0 Å². The molecular weight excluding hydrogens is 292 g/mol. The van der Waals surface area contributed by atoms with Crippen LogP contribution in [0.4, 0.5) is 0 Å². The topological polar surface area (TPSA) is 34.1 Å². The van der Waals surface area contributed by atoms with Crippen molar-refractivity contribution in [2.75, 3.05) is 0 Å². The summed E-state index contributed by atoms with van der Waals surface area (Å²) in [6, 6.07) is 14.7. The van der Waals surface area contributed by atoms with E-state index < -0.39 is 5.92 Å². The van der Waals surface area contributed by atoms with Crippen LogP contribution in [0.3, 0.4) is 0 Å². The highest BCUT2D eigenvalue weighted by molar-refractivity contribution is 9.10. The first-order valence-corrected chi connectivity index (χ1v) is 6.41. The molecule has 3 rings (SSSR count). The fourth-order valence-electron chi connectivity index (χ4n) is 2.38. The summed E-state index contributed by atoms with van der Waals surface area (Å²) in [6.45, 7) is 0. The summed E-state index contributed by atoms with van der Waals surface area (Å²) in [5.74, 6) is -1.20. The SMILES string of the molecule is O=C1C(=O)C(c2ccccc2Br)c2ccccc21. The predicted octanol–water partition coefficient (Wildman–Crippen LogP) is 3.35. The lowest BCUT2D eigenvalue weighted by molar-refractivity contribution is -0.115. The molecule has 1 aliphatic carbocycles. The van der Waals surface area contributed by atoms with Gasteiger partial charge in [0, 0.05) is 10.0 Å². The van der Waals surface area contributed by atoms with Crippen LogP contribution in [0, 0.1) is 0 Å². The van der Waals surface area contributed by atoms with E-state index in [-0.39, 0.29) is 11.6 Å². The number of rotatable bonds is 1. The van der Waals surface area contributed by atoms with E-state index in [1.165, 1.54) is 0 Å². The Morgan fingerprint density at radius 2 is 1.44 bits per heavy atom. The maximum atomic E-state index is 12.1. The van der Waals surface area contributed by atoms with Crippen LogP contribution in [0.5, 0.6) is 0 Å². The zero-order chi connectivity index (χ0) is 12.7. The monoisotopic (exact) mass is 300 g/mol. The van der Waals surface area contributed by atoms with E-state index in [4.69, 9.17) is 0 Å². The van der Waals surface area contributed by atoms with Gasteiger partial charge in [-0.05, 0) is 17.2 Å². The highest BCUT2D eigenvalue weighted by Gasteiger charge is 2.39. The minimum atomic E-state index is -0.468. The van der Waals surface area contributed by atoms with E-state index in [2.05, 4.69) is 15.9 Å². The summed E-state index contributed by atoms with van der Waals surface area (Å²) in [6.07, 6.45) is 0. The lowest BCUT2D eigenvalue weighted by Crippen LogP contribution is -2.13. The van der Waals surface area contributed by atoms with Crippen LogP contribution < -0.4 is 0 Å². The van der Waals surface area contributed by atoms with E-state index in [0.29, 0.717) is 5.56 Å². The van der Waals surface area contributed by atoms with Gasteiger partial charge in [-0.3, -0.25) is 9.59 Å². The second-order valence-electron chi connectivity index (χ2n) is 4.24. The van der Waals surface area contributed by atoms with Gasteiger partial charge < -0.3 is 0 Å². The first-order valence-electron chi connectivity index (χ1n) is 5.62. The lowest BCUT2D eigenvalue weighted by atomic mass is 9.92. The maximum absolute atomic E-state index is 12.1. The fourth-order valence-corrected chi connectivity index (χ4v) is 2.89. The molecular formula is C15H9BrO2. The lowest BCUT2D eigenvalue weighted by Gasteiger charge is -2.11. The first-order chi connectivity index (χ1) is 8.70. The van der Waals surface area contributed by atoms with Gasteiger partial charge in [0.05, 0.1) is 5.92 Å². The van der Waals surface area contributed by atoms with Crippen LogP contribution >= 0.6 is 15.9 Å². The standard InChI is InChI=1S/C15H9BrO2/c16-12-8-4-3-7-11(12)13-9-5-1-2-6-10(9)14(17)15(13)18/h1-8,13H. The molecule has 0 N–H and O–H groups in total. The zero-order valence-corrected chi connectivity index (χ0v) is 11.0. The number of ketones is 2. The first kappa shape index (κ1) is 11.4. The van der Waals surface area contributed by atoms with Crippen LogP contribution in [0.2, 0.25) is 0 Å². The van der Waals surface area contributed by atoms with Gasteiger partial charge in [-0.2, -0.15) is 0 Å². The minimum Gasteiger partial charge on any atom is -0.289 e. The van der Waals surface area contributed by atoms with E-state index in [1.807, 2.05) is 36.4 Å².